The van der Waals surface area contributed by atoms with Crippen molar-refractivity contribution in [2.75, 3.05) is 48.4 Å². The second kappa shape index (κ2) is 22.1. The smallest absolute Gasteiger partial charge is 0.327 e. The van der Waals surface area contributed by atoms with Crippen LogP contribution in [-0.4, -0.2) is 137 Å². The Bertz CT molecular complexity index is 1120. The first-order valence-corrected chi connectivity index (χ1v) is 17.0. The van der Waals surface area contributed by atoms with Crippen molar-refractivity contribution in [2.24, 2.45) is 0 Å². The molecule has 6 atom stereocenters. The number of carbonyl (C=O) groups is 8. The second-order valence-electron chi connectivity index (χ2n) is 9.76. The summed E-state index contributed by atoms with van der Waals surface area (Å²) in [5.74, 6) is -7.04. The van der Waals surface area contributed by atoms with Gasteiger partial charge in [0.15, 0.2) is 0 Å². The molecule has 0 radical (unpaired) electrons. The summed E-state index contributed by atoms with van der Waals surface area (Å²) in [7, 11) is 0. The highest BCUT2D eigenvalue weighted by Gasteiger charge is 2.30. The van der Waals surface area contributed by atoms with Crippen molar-refractivity contribution in [2.45, 2.75) is 49.1 Å². The topological polar surface area (TPSA) is 253 Å². The Morgan fingerprint density at radius 3 is 1.35 bits per heavy atom. The van der Waals surface area contributed by atoms with Gasteiger partial charge >= 0.3 is 5.97 Å². The molecule has 1 heterocycles. The number of hydrogen-bond acceptors (Lipinski definition) is 14. The molecule has 0 spiro atoms. The molecule has 0 unspecified atom stereocenters. The lowest BCUT2D eigenvalue weighted by Crippen LogP contribution is -2.58. The third-order valence-electron chi connectivity index (χ3n) is 6.32. The molecule has 1 aliphatic rings. The van der Waals surface area contributed by atoms with E-state index < -0.39 is 90.8 Å². The lowest BCUT2D eigenvalue weighted by Gasteiger charge is -2.23. The molecular weight excluding hydrogens is 705 g/mol. The summed E-state index contributed by atoms with van der Waals surface area (Å²) in [5.41, 5.74) is 0. The standard InChI is InChI=1S/C24H40N8O9S5/c33-17(4-26-20(36)13(7-43)31-23(39)15(9-45)32-21(37)11-2-1-3-25-11)28-14(8-44)22(38)30-12(6-42)19(35)27-5-18(34)29-16(10-46)24(40)41/h11-16,25,42-46H,1-10H2,(H,26,36)(H,27,35)(H,28,33)(H,29,34)(H,30,38)(H,31,39)(H,32,37)(H,40,41)/t11-,12-,13-,14-,15-,16-/m0/s1. The third kappa shape index (κ3) is 14.5. The summed E-state index contributed by atoms with van der Waals surface area (Å²) < 4.78 is 0. The Hall–Kier alpha value is -2.53. The van der Waals surface area contributed by atoms with E-state index in [-0.39, 0.29) is 34.7 Å². The average molecular weight is 745 g/mol. The fraction of sp³-hybridized carbons (Fsp3) is 0.667. The van der Waals surface area contributed by atoms with Gasteiger partial charge in [0.05, 0.1) is 19.1 Å². The highest BCUT2D eigenvalue weighted by Crippen LogP contribution is 2.05. The van der Waals surface area contributed by atoms with Crippen LogP contribution < -0.4 is 42.5 Å². The monoisotopic (exact) mass is 744 g/mol. The molecule has 46 heavy (non-hydrogen) atoms. The Balaban J connectivity index is 2.59. The van der Waals surface area contributed by atoms with Crippen LogP contribution in [-0.2, 0) is 38.4 Å². The number of carbonyl (C=O) groups excluding carboxylic acids is 7. The number of carboxylic acids is 1. The Morgan fingerprint density at radius 2 is 0.978 bits per heavy atom. The normalized spacial score (nSPS) is 17.2. The van der Waals surface area contributed by atoms with Gasteiger partial charge in [0.1, 0.15) is 30.2 Å². The minimum Gasteiger partial charge on any atom is -0.480 e. The van der Waals surface area contributed by atoms with E-state index in [1.54, 1.807) is 0 Å². The number of rotatable bonds is 20. The molecule has 0 aliphatic carbocycles. The van der Waals surface area contributed by atoms with Crippen LogP contribution in [0.5, 0.6) is 0 Å². The number of nitrogens with one attached hydrogen (secondary N) is 8. The van der Waals surface area contributed by atoms with Crippen LogP contribution in [0.3, 0.4) is 0 Å². The summed E-state index contributed by atoms with van der Waals surface area (Å²) in [4.78, 5) is 98.3. The first-order valence-electron chi connectivity index (χ1n) is 13.9. The molecule has 7 amide bonds. The van der Waals surface area contributed by atoms with Crippen molar-refractivity contribution in [3.05, 3.63) is 0 Å². The quantitative estimate of drug-likeness (QED) is 0.0530. The highest BCUT2D eigenvalue weighted by molar-refractivity contribution is 7.81. The van der Waals surface area contributed by atoms with Crippen LogP contribution in [0.25, 0.3) is 0 Å². The maximum Gasteiger partial charge on any atom is 0.327 e. The molecule has 1 fully saturated rings. The first-order chi connectivity index (χ1) is 21.8. The van der Waals surface area contributed by atoms with Gasteiger partial charge in [-0.25, -0.2) is 4.79 Å². The van der Waals surface area contributed by atoms with E-state index in [9.17, 15) is 38.4 Å². The van der Waals surface area contributed by atoms with Crippen molar-refractivity contribution in [1.29, 1.82) is 0 Å². The van der Waals surface area contributed by atoms with Gasteiger partial charge in [-0.3, -0.25) is 33.6 Å². The van der Waals surface area contributed by atoms with E-state index in [2.05, 4.69) is 106 Å². The van der Waals surface area contributed by atoms with Crippen LogP contribution in [0.2, 0.25) is 0 Å². The molecule has 0 bridgehead atoms. The molecule has 22 heteroatoms. The molecule has 260 valence electrons. The Labute approximate surface area is 292 Å². The summed E-state index contributed by atoms with van der Waals surface area (Å²) >= 11 is 20.1. The zero-order chi connectivity index (χ0) is 34.8. The SMILES string of the molecule is O=C(CNC(=O)[C@H](CS)NC(=O)[C@H](CS)NC(=O)CNC(=O)[C@H](CS)NC(=O)[C@H](CS)NC(=O)[C@@H]1CCCN1)N[C@@H](CS)C(=O)O. The molecule has 1 saturated heterocycles. The van der Waals surface area contributed by atoms with E-state index in [1.165, 1.54) is 0 Å². The largest absolute Gasteiger partial charge is 0.480 e. The van der Waals surface area contributed by atoms with E-state index in [0.29, 0.717) is 13.0 Å². The fourth-order valence-corrected chi connectivity index (χ4v) is 5.03. The number of amides is 7. The van der Waals surface area contributed by atoms with Crippen molar-refractivity contribution in [1.82, 2.24) is 42.5 Å². The van der Waals surface area contributed by atoms with Gasteiger partial charge in [0.2, 0.25) is 41.4 Å². The Kier molecular flexibility index (Phi) is 19.9. The number of hydrogen-bond donors (Lipinski definition) is 14. The van der Waals surface area contributed by atoms with Crippen LogP contribution in [0, 0.1) is 0 Å². The van der Waals surface area contributed by atoms with Crippen LogP contribution >= 0.6 is 63.1 Å². The van der Waals surface area contributed by atoms with Gasteiger partial charge in [-0.2, -0.15) is 63.1 Å². The van der Waals surface area contributed by atoms with Gasteiger partial charge in [-0.05, 0) is 19.4 Å². The van der Waals surface area contributed by atoms with Crippen molar-refractivity contribution in [3.8, 4) is 0 Å². The molecular formula is C24H40N8O9S5. The van der Waals surface area contributed by atoms with Gasteiger partial charge < -0.3 is 47.6 Å². The van der Waals surface area contributed by atoms with Gasteiger partial charge in [-0.15, -0.1) is 0 Å². The maximum absolute atomic E-state index is 12.7. The Morgan fingerprint density at radius 1 is 0.587 bits per heavy atom. The lowest BCUT2D eigenvalue weighted by atomic mass is 10.2. The second-order valence-corrected chi connectivity index (χ2v) is 11.6. The summed E-state index contributed by atoms with van der Waals surface area (Å²) in [6.07, 6.45) is 1.46. The van der Waals surface area contributed by atoms with Crippen LogP contribution in [0.1, 0.15) is 12.8 Å². The predicted octanol–water partition coefficient (Wildman–Crippen LogP) is -4.87. The van der Waals surface area contributed by atoms with Crippen LogP contribution in [0.15, 0.2) is 0 Å². The van der Waals surface area contributed by atoms with E-state index in [4.69, 9.17) is 5.11 Å². The molecule has 0 aromatic rings. The van der Waals surface area contributed by atoms with Crippen molar-refractivity contribution in [3.63, 3.8) is 0 Å². The fourth-order valence-electron chi connectivity index (χ4n) is 3.76. The van der Waals surface area contributed by atoms with E-state index >= 15 is 0 Å². The molecule has 0 saturated carbocycles. The number of carboxylic acid groups (broad SMARTS) is 1. The zero-order valence-corrected chi connectivity index (χ0v) is 29.0. The molecule has 0 aromatic heterocycles. The third-order valence-corrected chi connectivity index (χ3v) is 8.15. The maximum atomic E-state index is 12.7. The minimum atomic E-state index is -1.31. The van der Waals surface area contributed by atoms with Gasteiger partial charge in [-0.1, -0.05) is 0 Å². The average Bonchev–Trinajstić information content (AvgIpc) is 3.59. The minimum absolute atomic E-state index is 0.0323. The summed E-state index contributed by atoms with van der Waals surface area (Å²) in [6.45, 7) is -0.486. The van der Waals surface area contributed by atoms with Gasteiger partial charge in [0, 0.05) is 28.8 Å². The number of aliphatic carboxylic acids is 1. The summed E-state index contributed by atoms with van der Waals surface area (Å²) in [6, 6.07) is -6.34. The van der Waals surface area contributed by atoms with Crippen molar-refractivity contribution >= 4 is 110 Å². The molecule has 1 rings (SSSR count). The summed E-state index contributed by atoms with van der Waals surface area (Å²) in [5, 5.41) is 28.5. The van der Waals surface area contributed by atoms with E-state index in [0.717, 1.165) is 6.42 Å². The lowest BCUT2D eigenvalue weighted by molar-refractivity contribution is -0.141. The molecule has 9 N–H and O–H groups in total. The number of thiol groups is 5. The van der Waals surface area contributed by atoms with Crippen LogP contribution in [0.4, 0.5) is 0 Å². The highest BCUT2D eigenvalue weighted by atomic mass is 32.1. The van der Waals surface area contributed by atoms with E-state index in [1.807, 2.05) is 0 Å². The molecule has 17 nitrogen and oxygen atoms in total. The molecule has 0 aromatic carbocycles. The predicted molar refractivity (Wildman–Crippen MR) is 184 cm³/mol. The first kappa shape index (κ1) is 41.5. The molecule has 1 aliphatic heterocycles. The van der Waals surface area contributed by atoms with Gasteiger partial charge in [0.25, 0.3) is 0 Å². The zero-order valence-electron chi connectivity index (χ0n) is 24.5. The van der Waals surface area contributed by atoms with Crippen molar-refractivity contribution < 1.29 is 43.5 Å².